The van der Waals surface area contributed by atoms with Crippen LogP contribution in [0.25, 0.3) is 0 Å². The van der Waals surface area contributed by atoms with Crippen molar-refractivity contribution in [2.45, 2.75) is 38.3 Å². The first kappa shape index (κ1) is 11.1. The van der Waals surface area contributed by atoms with Crippen molar-refractivity contribution in [1.82, 2.24) is 4.90 Å². The zero-order valence-corrected chi connectivity index (χ0v) is 10.4. The van der Waals surface area contributed by atoms with Crippen molar-refractivity contribution in [3.63, 3.8) is 0 Å². The van der Waals surface area contributed by atoms with Gasteiger partial charge >= 0.3 is 0 Å². The molecule has 1 unspecified atom stereocenters. The third-order valence-electron chi connectivity index (χ3n) is 3.20. The van der Waals surface area contributed by atoms with Gasteiger partial charge in [0.25, 0.3) is 0 Å². The summed E-state index contributed by atoms with van der Waals surface area (Å²) in [5.41, 5.74) is 5.89. The first-order valence-electron chi connectivity index (χ1n) is 5.76. The number of likely N-dealkylation sites (N-methyl/N-ethyl adjacent to an activating group) is 1. The number of nitrogens with zero attached hydrogens (tertiary/aromatic N) is 1. The maximum Gasteiger partial charge on any atom is 0.0564 e. The molecular formula is C12H20N2S. The molecule has 0 aromatic carbocycles. The Labute approximate surface area is 96.1 Å². The lowest BCUT2D eigenvalue weighted by Crippen LogP contribution is -2.31. The molecule has 1 fully saturated rings. The van der Waals surface area contributed by atoms with Gasteiger partial charge in [-0.15, -0.1) is 11.3 Å². The fourth-order valence-corrected chi connectivity index (χ4v) is 3.10. The van der Waals surface area contributed by atoms with Crippen LogP contribution in [0.1, 0.15) is 35.6 Å². The van der Waals surface area contributed by atoms with Gasteiger partial charge in [0.05, 0.1) is 6.04 Å². The Bertz CT molecular complexity index is 317. The van der Waals surface area contributed by atoms with Crippen LogP contribution in [0.3, 0.4) is 0 Å². The lowest BCUT2D eigenvalue weighted by Gasteiger charge is -2.25. The third-order valence-corrected chi connectivity index (χ3v) is 4.53. The first-order valence-corrected chi connectivity index (χ1v) is 6.58. The topological polar surface area (TPSA) is 29.3 Å². The van der Waals surface area contributed by atoms with Gasteiger partial charge in [0.15, 0.2) is 0 Å². The summed E-state index contributed by atoms with van der Waals surface area (Å²) in [6.07, 6.45) is 3.83. The molecule has 0 saturated heterocycles. The number of aryl methyl sites for hydroxylation is 1. The third kappa shape index (κ3) is 2.41. The molecule has 0 bridgehead atoms. The summed E-state index contributed by atoms with van der Waals surface area (Å²) in [5.74, 6) is 0. The number of hydrogen-bond donors (Lipinski definition) is 1. The molecule has 1 aliphatic rings. The summed E-state index contributed by atoms with van der Waals surface area (Å²) < 4.78 is 0. The van der Waals surface area contributed by atoms with Crippen molar-refractivity contribution in [3.05, 3.63) is 21.9 Å². The van der Waals surface area contributed by atoms with E-state index in [1.165, 1.54) is 22.6 Å². The van der Waals surface area contributed by atoms with Gasteiger partial charge in [-0.25, -0.2) is 0 Å². The van der Waals surface area contributed by atoms with Crippen molar-refractivity contribution in [2.24, 2.45) is 5.73 Å². The highest BCUT2D eigenvalue weighted by Gasteiger charge is 2.31. The second-order valence-electron chi connectivity index (χ2n) is 4.31. The molecule has 1 aliphatic carbocycles. The molecule has 15 heavy (non-hydrogen) atoms. The van der Waals surface area contributed by atoms with E-state index in [1.54, 1.807) is 0 Å². The molecule has 2 N–H and O–H groups in total. The zero-order valence-electron chi connectivity index (χ0n) is 9.57. The molecule has 2 rings (SSSR count). The van der Waals surface area contributed by atoms with E-state index in [9.17, 15) is 0 Å². The van der Waals surface area contributed by atoms with E-state index in [2.05, 4.69) is 31.0 Å². The summed E-state index contributed by atoms with van der Waals surface area (Å²) in [5, 5.41) is 0. The Balaban J connectivity index is 2.10. The molecule has 3 heteroatoms. The normalized spacial score (nSPS) is 18.4. The molecule has 0 aliphatic heterocycles. The monoisotopic (exact) mass is 224 g/mol. The predicted octanol–water partition coefficient (Wildman–Crippen LogP) is 2.40. The molecule has 1 atom stereocenters. The smallest absolute Gasteiger partial charge is 0.0564 e. The summed E-state index contributed by atoms with van der Waals surface area (Å²) in [6, 6.07) is 5.71. The second kappa shape index (κ2) is 4.64. The molecule has 1 heterocycles. The Hall–Kier alpha value is -0.380. The van der Waals surface area contributed by atoms with Gasteiger partial charge in [0.2, 0.25) is 0 Å². The second-order valence-corrected chi connectivity index (χ2v) is 5.51. The Morgan fingerprint density at radius 2 is 2.27 bits per heavy atom. The lowest BCUT2D eigenvalue weighted by atomic mass is 10.2. The summed E-state index contributed by atoms with van der Waals surface area (Å²) in [7, 11) is 2.21. The van der Waals surface area contributed by atoms with Crippen LogP contribution in [0, 0.1) is 0 Å². The minimum Gasteiger partial charge on any atom is -0.329 e. The predicted molar refractivity (Wildman–Crippen MR) is 66.3 cm³/mol. The minimum absolute atomic E-state index is 0.433. The van der Waals surface area contributed by atoms with Crippen LogP contribution < -0.4 is 5.73 Å². The van der Waals surface area contributed by atoms with E-state index >= 15 is 0 Å². The average Bonchev–Trinajstić information content (AvgIpc) is 3.00. The van der Waals surface area contributed by atoms with Gasteiger partial charge in [-0.3, -0.25) is 4.90 Å². The summed E-state index contributed by atoms with van der Waals surface area (Å²) >= 11 is 1.92. The lowest BCUT2D eigenvalue weighted by molar-refractivity contribution is 0.243. The minimum atomic E-state index is 0.433. The molecular weight excluding hydrogens is 204 g/mol. The van der Waals surface area contributed by atoms with Gasteiger partial charge in [-0.1, -0.05) is 6.92 Å². The molecule has 1 saturated carbocycles. The largest absolute Gasteiger partial charge is 0.329 e. The van der Waals surface area contributed by atoms with Crippen LogP contribution in [0.2, 0.25) is 0 Å². The van der Waals surface area contributed by atoms with Crippen molar-refractivity contribution < 1.29 is 0 Å². The van der Waals surface area contributed by atoms with Crippen LogP contribution in [0.4, 0.5) is 0 Å². The van der Waals surface area contributed by atoms with Gasteiger partial charge < -0.3 is 5.73 Å². The quantitative estimate of drug-likeness (QED) is 0.832. The van der Waals surface area contributed by atoms with E-state index in [-0.39, 0.29) is 0 Å². The SMILES string of the molecule is CCc1ccc(C(CN)N(C)C2CC2)s1. The Kier molecular flexibility index (Phi) is 3.44. The van der Waals surface area contributed by atoms with Gasteiger partial charge in [0, 0.05) is 22.3 Å². The highest BCUT2D eigenvalue weighted by molar-refractivity contribution is 7.12. The van der Waals surface area contributed by atoms with E-state index in [0.717, 1.165) is 19.0 Å². The number of thiophene rings is 1. The van der Waals surface area contributed by atoms with Crippen molar-refractivity contribution in [2.75, 3.05) is 13.6 Å². The van der Waals surface area contributed by atoms with Crippen molar-refractivity contribution in [1.29, 1.82) is 0 Å². The number of nitrogens with two attached hydrogens (primary N) is 1. The molecule has 0 radical (unpaired) electrons. The summed E-state index contributed by atoms with van der Waals surface area (Å²) in [6.45, 7) is 2.94. The van der Waals surface area contributed by atoms with E-state index in [4.69, 9.17) is 5.73 Å². The molecule has 2 nitrogen and oxygen atoms in total. The maximum absolute atomic E-state index is 5.89. The van der Waals surface area contributed by atoms with Crippen molar-refractivity contribution in [3.8, 4) is 0 Å². The average molecular weight is 224 g/mol. The Morgan fingerprint density at radius 3 is 2.73 bits per heavy atom. The Morgan fingerprint density at radius 1 is 1.53 bits per heavy atom. The molecule has 0 spiro atoms. The fraction of sp³-hybridized carbons (Fsp3) is 0.667. The molecule has 84 valence electrons. The maximum atomic E-state index is 5.89. The molecule has 0 amide bonds. The number of rotatable bonds is 5. The van der Waals surface area contributed by atoms with E-state index in [1.807, 2.05) is 11.3 Å². The van der Waals surface area contributed by atoms with Gasteiger partial charge in [0.1, 0.15) is 0 Å². The zero-order chi connectivity index (χ0) is 10.8. The van der Waals surface area contributed by atoms with Gasteiger partial charge in [-0.2, -0.15) is 0 Å². The van der Waals surface area contributed by atoms with E-state index in [0.29, 0.717) is 6.04 Å². The highest BCUT2D eigenvalue weighted by Crippen LogP contribution is 2.34. The van der Waals surface area contributed by atoms with Crippen LogP contribution in [0.15, 0.2) is 12.1 Å². The van der Waals surface area contributed by atoms with Crippen LogP contribution >= 0.6 is 11.3 Å². The fourth-order valence-electron chi connectivity index (χ4n) is 1.98. The van der Waals surface area contributed by atoms with E-state index < -0.39 is 0 Å². The van der Waals surface area contributed by atoms with Crippen LogP contribution in [0.5, 0.6) is 0 Å². The summed E-state index contributed by atoms with van der Waals surface area (Å²) in [4.78, 5) is 5.35. The van der Waals surface area contributed by atoms with Crippen molar-refractivity contribution >= 4 is 11.3 Å². The van der Waals surface area contributed by atoms with Crippen LogP contribution in [-0.4, -0.2) is 24.5 Å². The highest BCUT2D eigenvalue weighted by atomic mass is 32.1. The number of hydrogen-bond acceptors (Lipinski definition) is 3. The van der Waals surface area contributed by atoms with Gasteiger partial charge in [-0.05, 0) is 38.4 Å². The molecule has 1 aromatic rings. The standard InChI is InChI=1S/C12H20N2S/c1-3-10-6-7-12(15-10)11(8-13)14(2)9-4-5-9/h6-7,9,11H,3-5,8,13H2,1-2H3. The van der Waals surface area contributed by atoms with Crippen LogP contribution in [-0.2, 0) is 6.42 Å². The molecule has 1 aromatic heterocycles. The first-order chi connectivity index (χ1) is 7.26.